The number of imide groups is 1. The van der Waals surface area contributed by atoms with E-state index in [1.54, 1.807) is 17.8 Å². The van der Waals surface area contributed by atoms with Gasteiger partial charge in [0.25, 0.3) is 11.8 Å². The SMILES string of the molecule is C[C@]12CC[C@@H]3c4ccc(O)cc4C[C@@H](SCCC(=O)ON4C(=O)CCC4=O)[C@H]3[C@@H]1CC[C@@H]2O. The quantitative estimate of drug-likeness (QED) is 0.632. The van der Waals surface area contributed by atoms with Crippen LogP contribution in [0, 0.1) is 17.3 Å². The second-order valence-corrected chi connectivity index (χ2v) is 11.6. The molecular weight excluding hydrogens is 442 g/mol. The number of nitrogens with zero attached hydrogens (tertiary/aromatic N) is 1. The van der Waals surface area contributed by atoms with Gasteiger partial charge in [0, 0.05) is 23.8 Å². The minimum Gasteiger partial charge on any atom is -0.508 e. The molecule has 2 amide bonds. The number of aliphatic hydroxyl groups excluding tert-OH is 1. The Bertz CT molecular complexity index is 966. The highest BCUT2D eigenvalue weighted by molar-refractivity contribution is 7.99. The van der Waals surface area contributed by atoms with Crippen molar-refractivity contribution in [2.45, 2.75) is 75.6 Å². The molecule has 0 aromatic heterocycles. The van der Waals surface area contributed by atoms with Crippen LogP contribution in [0.15, 0.2) is 18.2 Å². The van der Waals surface area contributed by atoms with Crippen LogP contribution < -0.4 is 0 Å². The minimum atomic E-state index is -0.568. The molecule has 0 unspecified atom stereocenters. The van der Waals surface area contributed by atoms with Gasteiger partial charge in [0.15, 0.2) is 0 Å². The summed E-state index contributed by atoms with van der Waals surface area (Å²) >= 11 is 1.74. The Morgan fingerprint density at radius 2 is 1.97 bits per heavy atom. The Kier molecular flexibility index (Phi) is 5.93. The highest BCUT2D eigenvalue weighted by atomic mass is 32.2. The predicted octanol–water partition coefficient (Wildman–Crippen LogP) is 3.32. The molecule has 3 fully saturated rings. The molecule has 5 rings (SSSR count). The fraction of sp³-hybridized carbons (Fsp3) is 0.640. The van der Waals surface area contributed by atoms with Crippen molar-refractivity contribution < 1.29 is 29.4 Å². The van der Waals surface area contributed by atoms with Crippen molar-refractivity contribution >= 4 is 29.5 Å². The maximum absolute atomic E-state index is 12.3. The lowest BCUT2D eigenvalue weighted by Crippen LogP contribution is -2.48. The molecule has 6 atom stereocenters. The van der Waals surface area contributed by atoms with E-state index in [0.29, 0.717) is 28.6 Å². The second-order valence-electron chi connectivity index (χ2n) is 10.2. The van der Waals surface area contributed by atoms with Crippen LogP contribution >= 0.6 is 11.8 Å². The zero-order valence-corrected chi connectivity index (χ0v) is 19.7. The number of carbonyl (C=O) groups excluding carboxylic acids is 3. The number of phenolic OH excluding ortho intramolecular Hbond substituents is 1. The summed E-state index contributed by atoms with van der Waals surface area (Å²) in [5.41, 5.74) is 2.43. The highest BCUT2D eigenvalue weighted by Crippen LogP contribution is 2.62. The summed E-state index contributed by atoms with van der Waals surface area (Å²) in [7, 11) is 0. The first kappa shape index (κ1) is 22.7. The van der Waals surface area contributed by atoms with Crippen molar-refractivity contribution in [2.24, 2.45) is 17.3 Å². The lowest BCUT2D eigenvalue weighted by molar-refractivity contribution is -0.197. The van der Waals surface area contributed by atoms with Gasteiger partial charge < -0.3 is 15.1 Å². The maximum Gasteiger partial charge on any atom is 0.334 e. The third-order valence-corrected chi connectivity index (χ3v) is 9.84. The number of hydroxylamine groups is 2. The summed E-state index contributed by atoms with van der Waals surface area (Å²) < 4.78 is 0. The van der Waals surface area contributed by atoms with E-state index in [4.69, 9.17) is 4.84 Å². The van der Waals surface area contributed by atoms with Gasteiger partial charge >= 0.3 is 5.97 Å². The molecule has 2 saturated carbocycles. The zero-order chi connectivity index (χ0) is 23.3. The van der Waals surface area contributed by atoms with Gasteiger partial charge in [-0.05, 0) is 78.5 Å². The first-order valence-electron chi connectivity index (χ1n) is 12.0. The van der Waals surface area contributed by atoms with Crippen LogP contribution in [-0.4, -0.2) is 50.2 Å². The molecule has 2 N–H and O–H groups in total. The molecule has 178 valence electrons. The van der Waals surface area contributed by atoms with E-state index in [0.717, 1.165) is 32.1 Å². The highest BCUT2D eigenvalue weighted by Gasteiger charge is 2.56. The summed E-state index contributed by atoms with van der Waals surface area (Å²) in [6.07, 6.45) is 4.73. The van der Waals surface area contributed by atoms with E-state index in [1.807, 2.05) is 6.07 Å². The molecule has 1 aromatic carbocycles. The number of hydrogen-bond acceptors (Lipinski definition) is 7. The smallest absolute Gasteiger partial charge is 0.334 e. The molecule has 7 nitrogen and oxygen atoms in total. The van der Waals surface area contributed by atoms with Gasteiger partial charge in [-0.2, -0.15) is 11.8 Å². The molecule has 3 aliphatic carbocycles. The molecule has 8 heteroatoms. The Labute approximate surface area is 197 Å². The Morgan fingerprint density at radius 1 is 1.21 bits per heavy atom. The van der Waals surface area contributed by atoms with Crippen LogP contribution in [0.4, 0.5) is 0 Å². The summed E-state index contributed by atoms with van der Waals surface area (Å²) in [6, 6.07) is 5.71. The number of benzene rings is 1. The van der Waals surface area contributed by atoms with Crippen LogP contribution in [0.1, 0.15) is 68.9 Å². The number of carbonyl (C=O) groups is 3. The van der Waals surface area contributed by atoms with Gasteiger partial charge in [0.2, 0.25) is 0 Å². The average molecular weight is 474 g/mol. The summed E-state index contributed by atoms with van der Waals surface area (Å²) in [5, 5.41) is 21.7. The van der Waals surface area contributed by atoms with E-state index in [2.05, 4.69) is 13.0 Å². The predicted molar refractivity (Wildman–Crippen MR) is 122 cm³/mol. The van der Waals surface area contributed by atoms with E-state index in [-0.39, 0.29) is 41.8 Å². The largest absolute Gasteiger partial charge is 0.508 e. The number of fused-ring (bicyclic) bond motifs is 5. The van der Waals surface area contributed by atoms with Crippen molar-refractivity contribution in [3.05, 3.63) is 29.3 Å². The molecule has 1 aromatic rings. The van der Waals surface area contributed by atoms with Crippen molar-refractivity contribution in [3.8, 4) is 5.75 Å². The third kappa shape index (κ3) is 3.95. The molecule has 4 aliphatic rings. The molecule has 0 bridgehead atoms. The van der Waals surface area contributed by atoms with Gasteiger partial charge in [0.1, 0.15) is 5.75 Å². The topological polar surface area (TPSA) is 104 Å². The van der Waals surface area contributed by atoms with Crippen molar-refractivity contribution in [1.29, 1.82) is 0 Å². The van der Waals surface area contributed by atoms with Crippen LogP contribution in [0.2, 0.25) is 0 Å². The van der Waals surface area contributed by atoms with Crippen molar-refractivity contribution in [3.63, 3.8) is 0 Å². The van der Waals surface area contributed by atoms with Crippen LogP contribution in [0.5, 0.6) is 5.75 Å². The fourth-order valence-corrected chi connectivity index (χ4v) is 8.29. The van der Waals surface area contributed by atoms with E-state index in [9.17, 15) is 24.6 Å². The number of aliphatic hydroxyl groups is 1. The summed E-state index contributed by atoms with van der Waals surface area (Å²) in [6.45, 7) is 2.24. The van der Waals surface area contributed by atoms with E-state index < -0.39 is 17.8 Å². The van der Waals surface area contributed by atoms with Gasteiger partial charge in [-0.3, -0.25) is 9.59 Å². The van der Waals surface area contributed by atoms with Gasteiger partial charge in [-0.25, -0.2) is 4.79 Å². The molecule has 1 saturated heterocycles. The number of hydrogen-bond donors (Lipinski definition) is 2. The molecule has 1 heterocycles. The lowest BCUT2D eigenvalue weighted by Gasteiger charge is -2.52. The van der Waals surface area contributed by atoms with Gasteiger partial charge in [-0.1, -0.05) is 13.0 Å². The minimum absolute atomic E-state index is 0.0657. The molecule has 33 heavy (non-hydrogen) atoms. The van der Waals surface area contributed by atoms with Crippen molar-refractivity contribution in [2.75, 3.05) is 5.75 Å². The van der Waals surface area contributed by atoms with E-state index >= 15 is 0 Å². The number of rotatable bonds is 5. The Morgan fingerprint density at radius 3 is 2.73 bits per heavy atom. The van der Waals surface area contributed by atoms with Gasteiger partial charge in [0.05, 0.1) is 12.5 Å². The standard InChI is InChI=1S/C25H31NO6S/c1-25-10-8-17-16-3-2-15(27)12-14(16)13-19(24(17)18(25)4-5-20(25)28)33-11-9-23(31)32-26-21(29)6-7-22(26)30/h2-3,12,17-20,24,27-28H,4-11,13H2,1H3/t17-,18+,19-,20+,24-,25+/m1/s1. The normalized spacial score (nSPS) is 35.2. The van der Waals surface area contributed by atoms with Crippen molar-refractivity contribution in [1.82, 2.24) is 5.06 Å². The molecular formula is C25H31NO6S. The molecule has 1 aliphatic heterocycles. The number of amides is 2. The Hall–Kier alpha value is -2.06. The maximum atomic E-state index is 12.3. The van der Waals surface area contributed by atoms with E-state index in [1.165, 1.54) is 11.1 Å². The molecule has 0 spiro atoms. The summed E-state index contributed by atoms with van der Waals surface area (Å²) in [4.78, 5) is 40.7. The average Bonchev–Trinajstić information content (AvgIpc) is 3.26. The first-order chi connectivity index (χ1) is 15.8. The fourth-order valence-electron chi connectivity index (χ4n) is 6.80. The number of aromatic hydroxyl groups is 1. The lowest BCUT2D eigenvalue weighted by atomic mass is 9.55. The summed E-state index contributed by atoms with van der Waals surface area (Å²) in [5.74, 6) is 0.531. The van der Waals surface area contributed by atoms with Crippen LogP contribution in [0.25, 0.3) is 0 Å². The first-order valence-corrected chi connectivity index (χ1v) is 13.0. The van der Waals surface area contributed by atoms with Crippen LogP contribution in [0.3, 0.4) is 0 Å². The third-order valence-electron chi connectivity index (χ3n) is 8.50. The monoisotopic (exact) mass is 473 g/mol. The zero-order valence-electron chi connectivity index (χ0n) is 18.9. The molecule has 0 radical (unpaired) electrons. The number of phenols is 1. The number of thioether (sulfide) groups is 1. The van der Waals surface area contributed by atoms with Crippen LogP contribution in [-0.2, 0) is 25.6 Å². The Balaban J connectivity index is 1.31. The second kappa shape index (κ2) is 8.62. The van der Waals surface area contributed by atoms with Gasteiger partial charge in [-0.15, -0.1) is 5.06 Å².